The average molecular weight is 277 g/mol. The highest BCUT2D eigenvalue weighted by Gasteiger charge is 2.04. The predicted octanol–water partition coefficient (Wildman–Crippen LogP) is 3.44. The molecule has 0 aliphatic rings. The van der Waals surface area contributed by atoms with E-state index in [0.29, 0.717) is 18.5 Å². The molecule has 2 rings (SSSR count). The van der Waals surface area contributed by atoms with Gasteiger partial charge in [0.1, 0.15) is 5.82 Å². The Labute approximate surface area is 116 Å². The number of nitrogens with one attached hydrogen (secondary N) is 1. The molecule has 4 heteroatoms. The fourth-order valence-corrected chi connectivity index (χ4v) is 2.43. The maximum Gasteiger partial charge on any atom is 0.220 e. The molecule has 1 amide bonds. The van der Waals surface area contributed by atoms with Crippen LogP contribution in [0, 0.1) is 12.7 Å². The van der Waals surface area contributed by atoms with Gasteiger partial charge < -0.3 is 5.32 Å². The van der Waals surface area contributed by atoms with Gasteiger partial charge in [-0.25, -0.2) is 4.39 Å². The van der Waals surface area contributed by atoms with Gasteiger partial charge in [-0.3, -0.25) is 4.79 Å². The van der Waals surface area contributed by atoms with Gasteiger partial charge in [0.15, 0.2) is 0 Å². The van der Waals surface area contributed by atoms with E-state index < -0.39 is 0 Å². The minimum Gasteiger partial charge on any atom is -0.352 e. The lowest BCUT2D eigenvalue weighted by Gasteiger charge is -2.06. The van der Waals surface area contributed by atoms with E-state index in [0.717, 1.165) is 12.0 Å². The predicted molar refractivity (Wildman–Crippen MR) is 75.6 cm³/mol. The molecule has 100 valence electrons. The van der Waals surface area contributed by atoms with Crippen molar-refractivity contribution >= 4 is 17.2 Å². The zero-order valence-electron chi connectivity index (χ0n) is 10.8. The largest absolute Gasteiger partial charge is 0.352 e. The number of amides is 1. The van der Waals surface area contributed by atoms with Crippen molar-refractivity contribution in [3.63, 3.8) is 0 Å². The van der Waals surface area contributed by atoms with Gasteiger partial charge in [-0.1, -0.05) is 12.1 Å². The summed E-state index contributed by atoms with van der Waals surface area (Å²) in [7, 11) is 0. The first kappa shape index (κ1) is 13.7. The van der Waals surface area contributed by atoms with Gasteiger partial charge in [0, 0.05) is 13.0 Å². The zero-order chi connectivity index (χ0) is 13.7. The first-order chi connectivity index (χ1) is 9.15. The quantitative estimate of drug-likeness (QED) is 0.891. The van der Waals surface area contributed by atoms with E-state index in [-0.39, 0.29) is 11.7 Å². The molecule has 0 spiro atoms. The van der Waals surface area contributed by atoms with Crippen LogP contribution in [0.1, 0.15) is 23.1 Å². The summed E-state index contributed by atoms with van der Waals surface area (Å²) in [5.74, 6) is -0.239. The van der Waals surface area contributed by atoms with Crippen molar-refractivity contribution in [1.29, 1.82) is 0 Å². The molecular formula is C15H16FNOS. The lowest BCUT2D eigenvalue weighted by atomic mass is 10.1. The summed E-state index contributed by atoms with van der Waals surface area (Å²) in [5, 5.41) is 6.85. The Bertz CT molecular complexity index is 551. The molecule has 0 radical (unpaired) electrons. The van der Waals surface area contributed by atoms with Crippen molar-refractivity contribution < 1.29 is 9.18 Å². The topological polar surface area (TPSA) is 29.1 Å². The Kier molecular flexibility index (Phi) is 4.68. The van der Waals surface area contributed by atoms with E-state index in [1.807, 2.05) is 22.9 Å². The minimum atomic E-state index is -0.231. The van der Waals surface area contributed by atoms with Crippen LogP contribution in [0.5, 0.6) is 0 Å². The molecule has 0 aliphatic heterocycles. The lowest BCUT2D eigenvalue weighted by Crippen LogP contribution is -2.23. The van der Waals surface area contributed by atoms with Crippen LogP contribution in [0.2, 0.25) is 0 Å². The van der Waals surface area contributed by atoms with Crippen molar-refractivity contribution in [3.8, 4) is 0 Å². The molecule has 19 heavy (non-hydrogen) atoms. The number of hydrogen-bond donors (Lipinski definition) is 1. The number of benzene rings is 1. The Morgan fingerprint density at radius 2 is 2.16 bits per heavy atom. The third kappa shape index (κ3) is 4.17. The van der Waals surface area contributed by atoms with Gasteiger partial charge in [-0.15, -0.1) is 0 Å². The van der Waals surface area contributed by atoms with E-state index in [2.05, 4.69) is 5.32 Å². The van der Waals surface area contributed by atoms with Crippen molar-refractivity contribution in [1.82, 2.24) is 5.32 Å². The first-order valence-corrected chi connectivity index (χ1v) is 7.12. The summed E-state index contributed by atoms with van der Waals surface area (Å²) in [6, 6.07) is 7.04. The summed E-state index contributed by atoms with van der Waals surface area (Å²) < 4.78 is 13.3. The van der Waals surface area contributed by atoms with Crippen LogP contribution in [0.3, 0.4) is 0 Å². The molecule has 0 saturated carbocycles. The maximum absolute atomic E-state index is 13.3. The van der Waals surface area contributed by atoms with Crippen molar-refractivity contribution in [2.75, 3.05) is 0 Å². The zero-order valence-corrected chi connectivity index (χ0v) is 11.6. The molecule has 2 aromatic rings. The van der Waals surface area contributed by atoms with E-state index in [9.17, 15) is 9.18 Å². The van der Waals surface area contributed by atoms with Gasteiger partial charge >= 0.3 is 0 Å². The van der Waals surface area contributed by atoms with E-state index >= 15 is 0 Å². The molecule has 0 atom stereocenters. The number of thiophene rings is 1. The molecule has 0 fully saturated rings. The Balaban J connectivity index is 1.78. The van der Waals surface area contributed by atoms with Gasteiger partial charge in [0.05, 0.1) is 0 Å². The monoisotopic (exact) mass is 277 g/mol. The summed E-state index contributed by atoms with van der Waals surface area (Å²) >= 11 is 1.63. The second-order valence-corrected chi connectivity index (χ2v) is 5.27. The van der Waals surface area contributed by atoms with Crippen LogP contribution in [0.15, 0.2) is 35.0 Å². The number of halogens is 1. The number of carbonyl (C=O) groups excluding carboxylic acids is 1. The summed E-state index contributed by atoms with van der Waals surface area (Å²) in [4.78, 5) is 11.7. The van der Waals surface area contributed by atoms with Gasteiger partial charge in [0.25, 0.3) is 0 Å². The van der Waals surface area contributed by atoms with Gasteiger partial charge in [0.2, 0.25) is 5.91 Å². The van der Waals surface area contributed by atoms with Crippen LogP contribution in [0.4, 0.5) is 4.39 Å². The third-order valence-corrected chi connectivity index (χ3v) is 3.68. The molecule has 1 aromatic heterocycles. The van der Waals surface area contributed by atoms with Crippen LogP contribution in [0.25, 0.3) is 0 Å². The molecule has 1 N–H and O–H groups in total. The minimum absolute atomic E-state index is 0.00724. The Morgan fingerprint density at radius 3 is 2.84 bits per heavy atom. The smallest absolute Gasteiger partial charge is 0.220 e. The van der Waals surface area contributed by atoms with Crippen LogP contribution in [-0.2, 0) is 17.8 Å². The highest BCUT2D eigenvalue weighted by atomic mass is 32.1. The van der Waals surface area contributed by atoms with Gasteiger partial charge in [-0.05, 0) is 52.9 Å². The number of hydrogen-bond acceptors (Lipinski definition) is 2. The fraction of sp³-hybridized carbons (Fsp3) is 0.267. The molecule has 1 heterocycles. The fourth-order valence-electron chi connectivity index (χ4n) is 1.73. The maximum atomic E-state index is 13.3. The molecule has 0 bridgehead atoms. The lowest BCUT2D eigenvalue weighted by molar-refractivity contribution is -0.121. The molecule has 0 saturated heterocycles. The average Bonchev–Trinajstić information content (AvgIpc) is 2.91. The van der Waals surface area contributed by atoms with Crippen LogP contribution in [-0.4, -0.2) is 5.91 Å². The van der Waals surface area contributed by atoms with E-state index in [4.69, 9.17) is 0 Å². The molecule has 1 aromatic carbocycles. The summed E-state index contributed by atoms with van der Waals surface area (Å²) in [5.41, 5.74) is 2.58. The van der Waals surface area contributed by atoms with Crippen molar-refractivity contribution in [3.05, 3.63) is 57.5 Å². The van der Waals surface area contributed by atoms with E-state index in [1.165, 1.54) is 11.6 Å². The molecular weight excluding hydrogens is 261 g/mol. The molecule has 0 aliphatic carbocycles. The van der Waals surface area contributed by atoms with Crippen molar-refractivity contribution in [2.45, 2.75) is 26.3 Å². The van der Waals surface area contributed by atoms with Crippen molar-refractivity contribution in [2.24, 2.45) is 0 Å². The summed E-state index contributed by atoms with van der Waals surface area (Å²) in [6.45, 7) is 2.10. The Hall–Kier alpha value is -1.68. The normalized spacial score (nSPS) is 10.4. The number of aryl methyl sites for hydroxylation is 2. The van der Waals surface area contributed by atoms with Crippen LogP contribution < -0.4 is 5.32 Å². The first-order valence-electron chi connectivity index (χ1n) is 6.18. The second kappa shape index (κ2) is 6.48. The second-order valence-electron chi connectivity index (χ2n) is 4.49. The van der Waals surface area contributed by atoms with Crippen LogP contribution >= 0.6 is 11.3 Å². The number of carbonyl (C=O) groups is 1. The standard InChI is InChI=1S/C15H16FNOS/c1-11-2-3-13(8-14(11)16)9-17-15(18)5-4-12-6-7-19-10-12/h2-3,6-8,10H,4-5,9H2,1H3,(H,17,18). The summed E-state index contributed by atoms with van der Waals surface area (Å²) in [6.07, 6.45) is 1.21. The van der Waals surface area contributed by atoms with E-state index in [1.54, 1.807) is 24.3 Å². The third-order valence-electron chi connectivity index (χ3n) is 2.95. The number of rotatable bonds is 5. The SMILES string of the molecule is Cc1ccc(CNC(=O)CCc2ccsc2)cc1F. The van der Waals surface area contributed by atoms with Gasteiger partial charge in [-0.2, -0.15) is 11.3 Å². The molecule has 0 unspecified atom stereocenters. The molecule has 2 nitrogen and oxygen atoms in total. The Morgan fingerprint density at radius 1 is 1.32 bits per heavy atom. The highest BCUT2D eigenvalue weighted by Crippen LogP contribution is 2.10. The highest BCUT2D eigenvalue weighted by molar-refractivity contribution is 7.07.